The molecule has 2 aromatic heterocycles. The Bertz CT molecular complexity index is 819. The molecule has 3 aromatic rings. The van der Waals surface area contributed by atoms with Gasteiger partial charge in [-0.2, -0.15) is 4.57 Å². The third-order valence-electron chi connectivity index (χ3n) is 4.07. The molecule has 2 heterocycles. The highest BCUT2D eigenvalue weighted by atomic mass is 14.9. The zero-order valence-corrected chi connectivity index (χ0v) is 13.8. The third kappa shape index (κ3) is 2.74. The highest BCUT2D eigenvalue weighted by Gasteiger charge is 2.18. The number of rotatable bonds is 3. The van der Waals surface area contributed by atoms with Crippen LogP contribution in [0.4, 0.5) is 0 Å². The Kier molecular flexibility index (Phi) is 3.93. The first-order valence-electron chi connectivity index (χ1n) is 7.89. The van der Waals surface area contributed by atoms with E-state index in [-0.39, 0.29) is 0 Å². The van der Waals surface area contributed by atoms with Crippen LogP contribution in [-0.2, 0) is 13.5 Å². The second-order valence-electron chi connectivity index (χ2n) is 6.47. The molecule has 0 saturated heterocycles. The summed E-state index contributed by atoms with van der Waals surface area (Å²) in [5.41, 5.74) is 6.10. The minimum absolute atomic E-state index is 0.648. The molecule has 0 aliphatic heterocycles. The molecule has 1 aromatic carbocycles. The fourth-order valence-corrected chi connectivity index (χ4v) is 3.03. The Morgan fingerprint density at radius 2 is 1.91 bits per heavy atom. The predicted octanol–water partition coefficient (Wildman–Crippen LogP) is 4.23. The summed E-state index contributed by atoms with van der Waals surface area (Å²) in [5.74, 6) is 0.648. The zero-order valence-electron chi connectivity index (χ0n) is 13.8. The third-order valence-corrected chi connectivity index (χ3v) is 4.07. The quantitative estimate of drug-likeness (QED) is 0.660. The van der Waals surface area contributed by atoms with Gasteiger partial charge in [-0.1, -0.05) is 32.0 Å². The van der Waals surface area contributed by atoms with Gasteiger partial charge in [-0.25, -0.2) is 4.98 Å². The van der Waals surface area contributed by atoms with Gasteiger partial charge in [-0.3, -0.25) is 0 Å². The molecule has 0 atom stereocenters. The van der Waals surface area contributed by atoms with E-state index in [0.29, 0.717) is 5.92 Å². The maximum atomic E-state index is 4.79. The SMILES string of the molecule is Cc1ccccc1-c1c2ncc(CC(C)C)cc2cc[n+]1C. The average Bonchev–Trinajstić information content (AvgIpc) is 2.48. The van der Waals surface area contributed by atoms with Crippen LogP contribution in [0.2, 0.25) is 0 Å². The van der Waals surface area contributed by atoms with Crippen molar-refractivity contribution in [1.29, 1.82) is 0 Å². The standard InChI is InChI=1S/C20H23N2/c1-14(2)11-16-12-17-9-10-22(4)20(19(17)21-13-16)18-8-6-5-7-15(18)3/h5-10,12-14H,11H2,1-4H3/q+1. The fourth-order valence-electron chi connectivity index (χ4n) is 3.03. The minimum Gasteiger partial charge on any atom is -0.249 e. The highest BCUT2D eigenvalue weighted by molar-refractivity contribution is 5.90. The smallest absolute Gasteiger partial charge is 0.239 e. The molecule has 22 heavy (non-hydrogen) atoms. The van der Waals surface area contributed by atoms with Crippen LogP contribution in [0.1, 0.15) is 25.0 Å². The second kappa shape index (κ2) is 5.88. The van der Waals surface area contributed by atoms with Crippen LogP contribution in [0, 0.1) is 12.8 Å². The number of hydrogen-bond acceptors (Lipinski definition) is 1. The predicted molar refractivity (Wildman–Crippen MR) is 91.6 cm³/mol. The molecule has 0 fully saturated rings. The van der Waals surface area contributed by atoms with E-state index in [9.17, 15) is 0 Å². The van der Waals surface area contributed by atoms with E-state index in [1.54, 1.807) is 0 Å². The normalized spacial score (nSPS) is 11.3. The van der Waals surface area contributed by atoms with Crippen molar-refractivity contribution >= 4 is 10.9 Å². The molecule has 0 bridgehead atoms. The van der Waals surface area contributed by atoms with E-state index >= 15 is 0 Å². The van der Waals surface area contributed by atoms with E-state index < -0.39 is 0 Å². The number of benzene rings is 1. The van der Waals surface area contributed by atoms with Crippen LogP contribution >= 0.6 is 0 Å². The summed E-state index contributed by atoms with van der Waals surface area (Å²) >= 11 is 0. The van der Waals surface area contributed by atoms with Gasteiger partial charge in [0.25, 0.3) is 0 Å². The molecule has 3 rings (SSSR count). The van der Waals surface area contributed by atoms with Gasteiger partial charge in [0.05, 0.1) is 5.56 Å². The monoisotopic (exact) mass is 291 g/mol. The van der Waals surface area contributed by atoms with Crippen molar-refractivity contribution in [3.05, 3.63) is 59.9 Å². The molecule has 0 saturated carbocycles. The molecular formula is C20H23N2+. The summed E-state index contributed by atoms with van der Waals surface area (Å²) < 4.78 is 2.17. The van der Waals surface area contributed by atoms with E-state index in [0.717, 1.165) is 11.9 Å². The summed E-state index contributed by atoms with van der Waals surface area (Å²) in [7, 11) is 2.09. The summed E-state index contributed by atoms with van der Waals surface area (Å²) in [6.07, 6.45) is 5.23. The van der Waals surface area contributed by atoms with Crippen molar-refractivity contribution in [1.82, 2.24) is 4.98 Å². The molecule has 0 aliphatic carbocycles. The molecular weight excluding hydrogens is 268 g/mol. The number of aromatic nitrogens is 2. The molecule has 0 N–H and O–H groups in total. The molecule has 2 nitrogen and oxygen atoms in total. The van der Waals surface area contributed by atoms with E-state index in [1.807, 2.05) is 6.20 Å². The van der Waals surface area contributed by atoms with Gasteiger partial charge < -0.3 is 0 Å². The average molecular weight is 291 g/mol. The van der Waals surface area contributed by atoms with Crippen LogP contribution < -0.4 is 4.57 Å². The molecule has 0 unspecified atom stereocenters. The van der Waals surface area contributed by atoms with E-state index in [1.165, 1.54) is 27.8 Å². The molecule has 0 spiro atoms. The largest absolute Gasteiger partial charge is 0.249 e. The Labute approximate surface area is 132 Å². The van der Waals surface area contributed by atoms with Crippen molar-refractivity contribution in [3.8, 4) is 11.3 Å². The van der Waals surface area contributed by atoms with E-state index in [4.69, 9.17) is 4.98 Å². The number of nitrogens with zero attached hydrogens (tertiary/aromatic N) is 2. The van der Waals surface area contributed by atoms with Gasteiger partial charge >= 0.3 is 0 Å². The second-order valence-corrected chi connectivity index (χ2v) is 6.47. The molecule has 2 heteroatoms. The van der Waals surface area contributed by atoms with Crippen molar-refractivity contribution in [2.24, 2.45) is 13.0 Å². The van der Waals surface area contributed by atoms with Gasteiger partial charge in [-0.15, -0.1) is 0 Å². The van der Waals surface area contributed by atoms with Gasteiger partial charge in [0.15, 0.2) is 6.20 Å². The van der Waals surface area contributed by atoms with Gasteiger partial charge in [0.2, 0.25) is 5.69 Å². The fraction of sp³-hybridized carbons (Fsp3) is 0.300. The van der Waals surface area contributed by atoms with Crippen LogP contribution in [0.3, 0.4) is 0 Å². The number of hydrogen-bond donors (Lipinski definition) is 0. The Morgan fingerprint density at radius 1 is 1.14 bits per heavy atom. The molecule has 0 amide bonds. The van der Waals surface area contributed by atoms with Gasteiger partial charge in [0, 0.05) is 17.6 Å². The number of aryl methyl sites for hydroxylation is 2. The van der Waals surface area contributed by atoms with Crippen LogP contribution in [0.25, 0.3) is 22.2 Å². The van der Waals surface area contributed by atoms with Gasteiger partial charge in [0.1, 0.15) is 12.6 Å². The lowest BCUT2D eigenvalue weighted by atomic mass is 10.00. The van der Waals surface area contributed by atoms with E-state index in [2.05, 4.69) is 75.0 Å². The first kappa shape index (κ1) is 14.7. The number of fused-ring (bicyclic) bond motifs is 1. The van der Waals surface area contributed by atoms with Crippen molar-refractivity contribution < 1.29 is 4.57 Å². The Balaban J connectivity index is 2.22. The maximum absolute atomic E-state index is 4.79. The summed E-state index contributed by atoms with van der Waals surface area (Å²) in [5, 5.41) is 1.22. The first-order valence-corrected chi connectivity index (χ1v) is 7.89. The van der Waals surface area contributed by atoms with Crippen LogP contribution in [0.5, 0.6) is 0 Å². The van der Waals surface area contributed by atoms with Crippen LogP contribution in [-0.4, -0.2) is 4.98 Å². The van der Waals surface area contributed by atoms with Crippen molar-refractivity contribution in [2.75, 3.05) is 0 Å². The van der Waals surface area contributed by atoms with Crippen LogP contribution in [0.15, 0.2) is 48.8 Å². The van der Waals surface area contributed by atoms with Crippen molar-refractivity contribution in [2.45, 2.75) is 27.2 Å². The van der Waals surface area contributed by atoms with Gasteiger partial charge in [-0.05, 0) is 42.5 Å². The summed E-state index contributed by atoms with van der Waals surface area (Å²) in [6, 6.07) is 12.9. The Morgan fingerprint density at radius 3 is 2.64 bits per heavy atom. The minimum atomic E-state index is 0.648. The molecule has 0 radical (unpaired) electrons. The highest BCUT2D eigenvalue weighted by Crippen LogP contribution is 2.27. The summed E-state index contributed by atoms with van der Waals surface area (Å²) in [4.78, 5) is 4.79. The lowest BCUT2D eigenvalue weighted by Gasteiger charge is -2.09. The lowest BCUT2D eigenvalue weighted by molar-refractivity contribution is -0.659. The number of pyridine rings is 2. The molecule has 0 aliphatic rings. The zero-order chi connectivity index (χ0) is 15.7. The lowest BCUT2D eigenvalue weighted by Crippen LogP contribution is -2.31. The summed E-state index contributed by atoms with van der Waals surface area (Å²) in [6.45, 7) is 6.64. The Hall–Kier alpha value is -2.22. The first-order chi connectivity index (χ1) is 10.6. The van der Waals surface area contributed by atoms with Crippen molar-refractivity contribution in [3.63, 3.8) is 0 Å². The topological polar surface area (TPSA) is 16.8 Å². The molecule has 112 valence electrons. The maximum Gasteiger partial charge on any atom is 0.239 e.